The number of nitrogens with one attached hydrogen (secondary N) is 1. The maximum absolute atomic E-state index is 11.6. The van der Waals surface area contributed by atoms with E-state index in [4.69, 9.17) is 21.9 Å². The zero-order chi connectivity index (χ0) is 14.5. The van der Waals surface area contributed by atoms with Crippen LogP contribution in [0.1, 0.15) is 21.7 Å². The van der Waals surface area contributed by atoms with E-state index in [1.807, 2.05) is 36.2 Å². The molecule has 1 heterocycles. The van der Waals surface area contributed by atoms with Crippen LogP contribution >= 0.6 is 11.6 Å². The number of nitrogen functional groups attached to an aromatic ring is 1. The predicted molar refractivity (Wildman–Crippen MR) is 77.0 cm³/mol. The fourth-order valence-electron chi connectivity index (χ4n) is 1.96. The van der Waals surface area contributed by atoms with Crippen molar-refractivity contribution in [3.8, 4) is 0 Å². The van der Waals surface area contributed by atoms with Gasteiger partial charge >= 0.3 is 0 Å². The number of nitrogens with zero attached hydrogens (tertiary/aromatic N) is 1. The summed E-state index contributed by atoms with van der Waals surface area (Å²) in [5, 5.41) is 0.721. The molecule has 0 atom stereocenters. The lowest BCUT2D eigenvalue weighted by molar-refractivity contribution is 0.0950. The second-order valence-electron chi connectivity index (χ2n) is 4.49. The van der Waals surface area contributed by atoms with E-state index in [1.165, 1.54) is 6.26 Å². The van der Waals surface area contributed by atoms with Crippen LogP contribution in [0, 0.1) is 0 Å². The molecule has 20 heavy (non-hydrogen) atoms. The number of nitrogens with two attached hydrogens (primary N) is 1. The molecule has 0 unspecified atom stereocenters. The molecule has 1 aromatic heterocycles. The van der Waals surface area contributed by atoms with E-state index >= 15 is 0 Å². The number of furan rings is 1. The lowest BCUT2D eigenvalue weighted by atomic mass is 10.2. The van der Waals surface area contributed by atoms with Gasteiger partial charge in [-0.2, -0.15) is 0 Å². The van der Waals surface area contributed by atoms with Gasteiger partial charge in [0, 0.05) is 11.6 Å². The first-order valence-corrected chi connectivity index (χ1v) is 6.49. The van der Waals surface area contributed by atoms with Gasteiger partial charge in [0.15, 0.2) is 0 Å². The largest absolute Gasteiger partial charge is 0.467 e. The van der Waals surface area contributed by atoms with Gasteiger partial charge in [0.25, 0.3) is 5.91 Å². The van der Waals surface area contributed by atoms with E-state index in [2.05, 4.69) is 5.43 Å². The number of carbonyl (C=O) groups excluding carboxylic acids is 1. The Morgan fingerprint density at radius 2 is 2.10 bits per heavy atom. The van der Waals surface area contributed by atoms with E-state index in [9.17, 15) is 4.79 Å². The van der Waals surface area contributed by atoms with Crippen LogP contribution in [0.2, 0.25) is 5.02 Å². The molecule has 0 fully saturated rings. The zero-order valence-electron chi connectivity index (χ0n) is 11.1. The number of hydrogen-bond donors (Lipinski definition) is 2. The highest BCUT2D eigenvalue weighted by molar-refractivity contribution is 6.31. The fourth-order valence-corrected chi connectivity index (χ4v) is 2.16. The molecule has 1 amide bonds. The number of carbonyl (C=O) groups is 1. The average molecular weight is 294 g/mol. The number of benzene rings is 1. The molecule has 6 heteroatoms. The molecule has 0 aliphatic carbocycles. The van der Waals surface area contributed by atoms with Gasteiger partial charge in [-0.15, -0.1) is 0 Å². The van der Waals surface area contributed by atoms with E-state index in [-0.39, 0.29) is 5.91 Å². The van der Waals surface area contributed by atoms with Crippen LogP contribution < -0.4 is 11.3 Å². The standard InChI is InChI=1S/C14H16ClN3O2/c1-18(8-10-4-2-3-5-12(10)15)9-13-11(6-7-20-13)14(19)17-16/h2-7H,8-9,16H2,1H3,(H,17,19). The smallest absolute Gasteiger partial charge is 0.268 e. The lowest BCUT2D eigenvalue weighted by Crippen LogP contribution is -2.31. The first kappa shape index (κ1) is 14.6. The quantitative estimate of drug-likeness (QED) is 0.503. The minimum atomic E-state index is -0.361. The Morgan fingerprint density at radius 3 is 2.80 bits per heavy atom. The van der Waals surface area contributed by atoms with Crippen LogP contribution in [0.15, 0.2) is 41.0 Å². The Hall–Kier alpha value is -1.82. The normalized spacial score (nSPS) is 10.8. The van der Waals surface area contributed by atoms with Crippen LogP contribution in [0.5, 0.6) is 0 Å². The van der Waals surface area contributed by atoms with Gasteiger partial charge in [0.1, 0.15) is 5.76 Å². The van der Waals surface area contributed by atoms with Gasteiger partial charge in [-0.05, 0) is 24.7 Å². The summed E-state index contributed by atoms with van der Waals surface area (Å²) in [7, 11) is 1.93. The molecule has 1 aromatic carbocycles. The second kappa shape index (κ2) is 6.56. The number of hydrogen-bond acceptors (Lipinski definition) is 4. The fraction of sp³-hybridized carbons (Fsp3) is 0.214. The zero-order valence-corrected chi connectivity index (χ0v) is 11.9. The molecule has 0 saturated carbocycles. The second-order valence-corrected chi connectivity index (χ2v) is 4.90. The third-order valence-corrected chi connectivity index (χ3v) is 3.30. The van der Waals surface area contributed by atoms with Gasteiger partial charge in [-0.25, -0.2) is 5.84 Å². The van der Waals surface area contributed by atoms with Crippen molar-refractivity contribution in [2.75, 3.05) is 7.05 Å². The van der Waals surface area contributed by atoms with Crippen LogP contribution in [0.25, 0.3) is 0 Å². The lowest BCUT2D eigenvalue weighted by Gasteiger charge is -2.16. The van der Waals surface area contributed by atoms with Crippen molar-refractivity contribution < 1.29 is 9.21 Å². The summed E-state index contributed by atoms with van der Waals surface area (Å²) in [4.78, 5) is 13.6. The van der Waals surface area contributed by atoms with Crippen LogP contribution in [0.4, 0.5) is 0 Å². The van der Waals surface area contributed by atoms with Crippen molar-refractivity contribution >= 4 is 17.5 Å². The molecule has 5 nitrogen and oxygen atoms in total. The van der Waals surface area contributed by atoms with E-state index in [0.717, 1.165) is 10.6 Å². The van der Waals surface area contributed by atoms with Gasteiger partial charge in [0.05, 0.1) is 18.4 Å². The maximum atomic E-state index is 11.6. The maximum Gasteiger partial charge on any atom is 0.268 e. The van der Waals surface area contributed by atoms with Crippen molar-refractivity contribution in [1.82, 2.24) is 10.3 Å². The van der Waals surface area contributed by atoms with Crippen molar-refractivity contribution in [2.45, 2.75) is 13.1 Å². The Kier molecular flexibility index (Phi) is 4.79. The molecule has 0 aliphatic heterocycles. The number of rotatable bonds is 5. The van der Waals surface area contributed by atoms with Crippen LogP contribution in [-0.4, -0.2) is 17.9 Å². The number of halogens is 1. The highest BCUT2D eigenvalue weighted by Crippen LogP contribution is 2.18. The Bertz CT molecular complexity index is 598. The highest BCUT2D eigenvalue weighted by Gasteiger charge is 2.15. The molecule has 0 bridgehead atoms. The molecule has 2 rings (SSSR count). The summed E-state index contributed by atoms with van der Waals surface area (Å²) in [6.07, 6.45) is 1.48. The van der Waals surface area contributed by atoms with Crippen molar-refractivity contribution in [2.24, 2.45) is 5.84 Å². The topological polar surface area (TPSA) is 71.5 Å². The van der Waals surface area contributed by atoms with E-state index in [1.54, 1.807) is 6.07 Å². The molecule has 0 radical (unpaired) electrons. The van der Waals surface area contributed by atoms with E-state index in [0.29, 0.717) is 24.4 Å². The molecule has 0 aliphatic rings. The summed E-state index contributed by atoms with van der Waals surface area (Å²) in [6, 6.07) is 9.25. The minimum absolute atomic E-state index is 0.361. The molecular formula is C14H16ClN3O2. The Labute approximate surface area is 122 Å². The molecule has 0 saturated heterocycles. The monoisotopic (exact) mass is 293 g/mol. The van der Waals surface area contributed by atoms with Crippen molar-refractivity contribution in [1.29, 1.82) is 0 Å². The minimum Gasteiger partial charge on any atom is -0.467 e. The molecule has 0 spiro atoms. The average Bonchev–Trinajstić information content (AvgIpc) is 2.88. The summed E-state index contributed by atoms with van der Waals surface area (Å²) in [5.74, 6) is 5.34. The molecule has 2 aromatic rings. The van der Waals surface area contributed by atoms with Gasteiger partial charge in [-0.3, -0.25) is 15.1 Å². The third kappa shape index (κ3) is 3.39. The van der Waals surface area contributed by atoms with Crippen LogP contribution in [-0.2, 0) is 13.1 Å². The van der Waals surface area contributed by atoms with E-state index < -0.39 is 0 Å². The van der Waals surface area contributed by atoms with Crippen molar-refractivity contribution in [3.05, 3.63) is 58.5 Å². The molecule has 106 valence electrons. The summed E-state index contributed by atoms with van der Waals surface area (Å²) in [5.41, 5.74) is 3.57. The SMILES string of the molecule is CN(Cc1ccccc1Cl)Cc1occc1C(=O)NN. The van der Waals surface area contributed by atoms with Gasteiger partial charge in [-0.1, -0.05) is 29.8 Å². The van der Waals surface area contributed by atoms with Crippen LogP contribution in [0.3, 0.4) is 0 Å². The molecular weight excluding hydrogens is 278 g/mol. The Morgan fingerprint density at radius 1 is 1.35 bits per heavy atom. The summed E-state index contributed by atoms with van der Waals surface area (Å²) in [6.45, 7) is 1.14. The summed E-state index contributed by atoms with van der Waals surface area (Å²) >= 11 is 6.12. The first-order chi connectivity index (χ1) is 9.61. The highest BCUT2D eigenvalue weighted by atomic mass is 35.5. The van der Waals surface area contributed by atoms with Gasteiger partial charge in [0.2, 0.25) is 0 Å². The Balaban J connectivity index is 2.05. The summed E-state index contributed by atoms with van der Waals surface area (Å²) < 4.78 is 5.34. The van der Waals surface area contributed by atoms with Gasteiger partial charge < -0.3 is 4.42 Å². The third-order valence-electron chi connectivity index (χ3n) is 2.93. The van der Waals surface area contributed by atoms with Crippen molar-refractivity contribution in [3.63, 3.8) is 0 Å². The predicted octanol–water partition coefficient (Wildman–Crippen LogP) is 2.17. The molecule has 3 N–H and O–H groups in total. The number of amides is 1. The number of hydrazine groups is 1. The first-order valence-electron chi connectivity index (χ1n) is 6.11.